The number of hydrogen-bond donors (Lipinski definition) is 0. The van der Waals surface area contributed by atoms with Gasteiger partial charge in [-0.3, -0.25) is 0 Å². The average molecular weight is 102 g/mol. The summed E-state index contributed by atoms with van der Waals surface area (Å²) in [4.78, 5) is 0. The van der Waals surface area contributed by atoms with Crippen molar-refractivity contribution in [1.29, 1.82) is 0 Å². The molecule has 0 spiro atoms. The fourth-order valence-corrected chi connectivity index (χ4v) is 1.82. The van der Waals surface area contributed by atoms with E-state index in [0.29, 0.717) is 0 Å². The second-order valence-corrected chi connectivity index (χ2v) is 2.76. The monoisotopic (exact) mass is 102 g/mol. The van der Waals surface area contributed by atoms with Crippen LogP contribution in [-0.4, -0.2) is 0 Å². The Hall–Kier alpha value is -0.780. The van der Waals surface area contributed by atoms with Crippen molar-refractivity contribution in [2.45, 2.75) is 12.8 Å². The highest BCUT2D eigenvalue weighted by molar-refractivity contribution is 5.69. The maximum Gasteiger partial charge on any atom is -0.00486 e. The van der Waals surface area contributed by atoms with E-state index in [1.54, 1.807) is 22.3 Å². The van der Waals surface area contributed by atoms with E-state index < -0.39 is 0 Å². The molecular weight excluding hydrogens is 96.1 g/mol. The summed E-state index contributed by atoms with van der Waals surface area (Å²) in [6.45, 7) is 0. The summed E-state index contributed by atoms with van der Waals surface area (Å²) < 4.78 is 0. The van der Waals surface area contributed by atoms with Crippen LogP contribution >= 0.6 is 0 Å². The van der Waals surface area contributed by atoms with E-state index in [9.17, 15) is 0 Å². The predicted octanol–water partition coefficient (Wildman–Crippen LogP) is 1.96. The van der Waals surface area contributed by atoms with Gasteiger partial charge in [-0.25, -0.2) is 0 Å². The van der Waals surface area contributed by atoms with Gasteiger partial charge in [-0.15, -0.1) is 0 Å². The molecule has 0 amide bonds. The second kappa shape index (κ2) is 0.732. The van der Waals surface area contributed by atoms with E-state index in [4.69, 9.17) is 0 Å². The number of allylic oxidation sites excluding steroid dienone is 6. The van der Waals surface area contributed by atoms with Crippen molar-refractivity contribution in [3.8, 4) is 0 Å². The molecule has 0 heteroatoms. The van der Waals surface area contributed by atoms with Crippen molar-refractivity contribution in [2.75, 3.05) is 0 Å². The third-order valence-corrected chi connectivity index (χ3v) is 2.24. The van der Waals surface area contributed by atoms with E-state index in [-0.39, 0.29) is 0 Å². The van der Waals surface area contributed by atoms with Crippen LogP contribution in [0.15, 0.2) is 34.4 Å². The Balaban J connectivity index is 2.49. The van der Waals surface area contributed by atoms with Gasteiger partial charge in [0.2, 0.25) is 0 Å². The Bertz CT molecular complexity index is 262. The Kier molecular flexibility index (Phi) is 0.301. The maximum absolute atomic E-state index is 2.34. The smallest absolute Gasteiger partial charge is 0.00486 e. The lowest BCUT2D eigenvalue weighted by Gasteiger charge is -2.23. The van der Waals surface area contributed by atoms with E-state index in [0.717, 1.165) is 0 Å². The Labute approximate surface area is 48.2 Å². The number of rotatable bonds is 0. The van der Waals surface area contributed by atoms with Crippen molar-refractivity contribution >= 4 is 0 Å². The topological polar surface area (TPSA) is 0 Å². The van der Waals surface area contributed by atoms with Crippen LogP contribution in [0.25, 0.3) is 0 Å². The normalized spacial score (nSPS) is 28.0. The Morgan fingerprint density at radius 1 is 1.12 bits per heavy atom. The van der Waals surface area contributed by atoms with E-state index >= 15 is 0 Å². The first-order valence-corrected chi connectivity index (χ1v) is 3.07. The lowest BCUT2D eigenvalue weighted by atomic mass is 9.82. The molecule has 38 valence electrons. The summed E-state index contributed by atoms with van der Waals surface area (Å²) in [6.07, 6.45) is 7.24. The molecule has 0 atom stereocenters. The molecule has 0 nitrogen and oxygen atoms in total. The van der Waals surface area contributed by atoms with Crippen LogP contribution in [0.1, 0.15) is 12.8 Å². The lowest BCUT2D eigenvalue weighted by Crippen LogP contribution is -2.04. The van der Waals surface area contributed by atoms with Gasteiger partial charge in [0.25, 0.3) is 0 Å². The molecule has 0 saturated heterocycles. The fraction of sp³-hybridized carbons (Fsp3) is 0.250. The van der Waals surface area contributed by atoms with Gasteiger partial charge in [-0.1, -0.05) is 17.7 Å². The van der Waals surface area contributed by atoms with E-state index in [2.05, 4.69) is 12.2 Å². The SMILES string of the molecule is C1=C2C=C3CC(=C13)C2. The molecule has 0 aromatic heterocycles. The summed E-state index contributed by atoms with van der Waals surface area (Å²) in [5.74, 6) is 0. The lowest BCUT2D eigenvalue weighted by molar-refractivity contribution is 0.942. The summed E-state index contributed by atoms with van der Waals surface area (Å²) in [7, 11) is 0. The molecule has 3 rings (SSSR count). The number of hydrogen-bond acceptors (Lipinski definition) is 0. The third kappa shape index (κ3) is 0.172. The van der Waals surface area contributed by atoms with Gasteiger partial charge in [0.1, 0.15) is 0 Å². The highest BCUT2D eigenvalue weighted by Gasteiger charge is 2.31. The first-order valence-electron chi connectivity index (χ1n) is 3.07. The van der Waals surface area contributed by atoms with Gasteiger partial charge in [0, 0.05) is 0 Å². The van der Waals surface area contributed by atoms with Gasteiger partial charge < -0.3 is 0 Å². The van der Waals surface area contributed by atoms with Gasteiger partial charge in [-0.05, 0) is 29.6 Å². The molecular formula is C8H6. The van der Waals surface area contributed by atoms with Crippen molar-refractivity contribution in [3.63, 3.8) is 0 Å². The van der Waals surface area contributed by atoms with Crippen LogP contribution < -0.4 is 0 Å². The van der Waals surface area contributed by atoms with Crippen LogP contribution in [0.4, 0.5) is 0 Å². The van der Waals surface area contributed by atoms with Crippen LogP contribution in [0.3, 0.4) is 0 Å². The van der Waals surface area contributed by atoms with E-state index in [1.165, 1.54) is 12.8 Å². The highest BCUT2D eigenvalue weighted by atomic mass is 14.4. The summed E-state index contributed by atoms with van der Waals surface area (Å²) in [5, 5.41) is 0. The molecule has 3 aliphatic carbocycles. The summed E-state index contributed by atoms with van der Waals surface area (Å²) in [6, 6.07) is 0. The molecule has 0 fully saturated rings. The minimum absolute atomic E-state index is 1.28. The Morgan fingerprint density at radius 2 is 2.12 bits per heavy atom. The predicted molar refractivity (Wildman–Crippen MR) is 32.4 cm³/mol. The van der Waals surface area contributed by atoms with Crippen LogP contribution in [-0.2, 0) is 0 Å². The van der Waals surface area contributed by atoms with E-state index in [1.807, 2.05) is 0 Å². The van der Waals surface area contributed by atoms with Crippen LogP contribution in [0, 0.1) is 0 Å². The second-order valence-electron chi connectivity index (χ2n) is 2.76. The molecule has 0 radical (unpaired) electrons. The minimum atomic E-state index is 1.28. The summed E-state index contributed by atoms with van der Waals surface area (Å²) >= 11 is 0. The zero-order chi connectivity index (χ0) is 5.14. The standard InChI is InChI=1S/C8H6/c1-5-2-7-4-6(1)8(7)3-5/h1,3H,2,4H2. The molecule has 0 saturated carbocycles. The molecule has 8 heavy (non-hydrogen) atoms. The first kappa shape index (κ1) is 3.29. The van der Waals surface area contributed by atoms with Crippen LogP contribution in [0.5, 0.6) is 0 Å². The molecule has 0 aliphatic heterocycles. The van der Waals surface area contributed by atoms with Gasteiger partial charge in [-0.2, -0.15) is 0 Å². The zero-order valence-electron chi connectivity index (χ0n) is 4.57. The third-order valence-electron chi connectivity index (χ3n) is 2.24. The molecule has 0 aromatic carbocycles. The molecule has 3 aliphatic rings. The Morgan fingerprint density at radius 3 is 2.38 bits per heavy atom. The van der Waals surface area contributed by atoms with Crippen molar-refractivity contribution in [2.24, 2.45) is 0 Å². The fourth-order valence-electron chi connectivity index (χ4n) is 1.82. The molecule has 0 heterocycles. The largest absolute Gasteiger partial charge is 0.0546 e. The van der Waals surface area contributed by atoms with Crippen LogP contribution in [0.2, 0.25) is 0 Å². The van der Waals surface area contributed by atoms with Crippen molar-refractivity contribution in [1.82, 2.24) is 0 Å². The minimum Gasteiger partial charge on any atom is -0.0546 e. The van der Waals surface area contributed by atoms with Gasteiger partial charge >= 0.3 is 0 Å². The summed E-state index contributed by atoms with van der Waals surface area (Å²) in [5.41, 5.74) is 6.43. The van der Waals surface area contributed by atoms with Crippen molar-refractivity contribution < 1.29 is 0 Å². The molecule has 0 unspecified atom stereocenters. The molecule has 0 N–H and O–H groups in total. The van der Waals surface area contributed by atoms with Gasteiger partial charge in [0.05, 0.1) is 0 Å². The average Bonchev–Trinajstić information content (AvgIpc) is 2.23. The zero-order valence-corrected chi connectivity index (χ0v) is 4.57. The molecule has 2 bridgehead atoms. The highest BCUT2D eigenvalue weighted by Crippen LogP contribution is 2.50. The first-order chi connectivity index (χ1) is 3.93. The van der Waals surface area contributed by atoms with Crippen molar-refractivity contribution in [3.05, 3.63) is 34.4 Å². The quantitative estimate of drug-likeness (QED) is 0.438. The molecule has 0 aromatic rings. The van der Waals surface area contributed by atoms with Gasteiger partial charge in [0.15, 0.2) is 0 Å². The maximum atomic E-state index is 2.34.